The van der Waals surface area contributed by atoms with Crippen molar-refractivity contribution in [2.24, 2.45) is 5.92 Å². The van der Waals surface area contributed by atoms with Crippen LogP contribution in [0.15, 0.2) is 12.1 Å². The van der Waals surface area contributed by atoms with Gasteiger partial charge in [-0.15, -0.1) is 0 Å². The van der Waals surface area contributed by atoms with Crippen molar-refractivity contribution in [3.8, 4) is 5.75 Å². The Morgan fingerprint density at radius 1 is 1.48 bits per heavy atom. The smallest absolute Gasteiger partial charge is 0.139 e. The molecular formula is C17H27FN2O. The van der Waals surface area contributed by atoms with E-state index in [1.54, 1.807) is 6.92 Å². The Labute approximate surface area is 126 Å². The van der Waals surface area contributed by atoms with Crippen molar-refractivity contribution in [1.29, 1.82) is 0 Å². The van der Waals surface area contributed by atoms with Crippen LogP contribution in [0.4, 0.5) is 10.1 Å². The topological polar surface area (TPSA) is 44.3 Å². The third-order valence-electron chi connectivity index (χ3n) is 4.47. The first kappa shape index (κ1) is 16.1. The van der Waals surface area contributed by atoms with Gasteiger partial charge in [-0.05, 0) is 43.9 Å². The van der Waals surface area contributed by atoms with E-state index in [1.165, 1.54) is 25.0 Å². The SMILES string of the molecule is CCCCC1(CNc2cc(F)c(C)cc2O)CC(C)CN1. The molecule has 3 nitrogen and oxygen atoms in total. The molecule has 1 aromatic carbocycles. The minimum Gasteiger partial charge on any atom is -0.506 e. The molecule has 118 valence electrons. The first-order chi connectivity index (χ1) is 9.96. The van der Waals surface area contributed by atoms with E-state index in [-0.39, 0.29) is 17.1 Å². The Hall–Kier alpha value is -1.29. The normalized spacial score (nSPS) is 25.2. The number of phenolic OH excluding ortho intramolecular Hbond substituents is 1. The van der Waals surface area contributed by atoms with Crippen molar-refractivity contribution in [1.82, 2.24) is 5.32 Å². The number of benzene rings is 1. The van der Waals surface area contributed by atoms with Crippen molar-refractivity contribution in [3.63, 3.8) is 0 Å². The second-order valence-electron chi connectivity index (χ2n) is 6.55. The highest BCUT2D eigenvalue weighted by Crippen LogP contribution is 2.32. The summed E-state index contributed by atoms with van der Waals surface area (Å²) in [6.45, 7) is 7.85. The Bertz CT molecular complexity index is 492. The fraction of sp³-hybridized carbons (Fsp3) is 0.647. The van der Waals surface area contributed by atoms with Crippen molar-refractivity contribution in [2.45, 2.75) is 52.0 Å². The van der Waals surface area contributed by atoms with Crippen LogP contribution in [0.5, 0.6) is 5.75 Å². The monoisotopic (exact) mass is 294 g/mol. The molecule has 0 bridgehead atoms. The molecule has 2 unspecified atom stereocenters. The van der Waals surface area contributed by atoms with Crippen molar-refractivity contribution < 1.29 is 9.50 Å². The summed E-state index contributed by atoms with van der Waals surface area (Å²) in [5, 5.41) is 16.8. The number of halogens is 1. The lowest BCUT2D eigenvalue weighted by atomic mass is 9.88. The zero-order chi connectivity index (χ0) is 15.5. The fourth-order valence-corrected chi connectivity index (χ4v) is 3.20. The number of hydrogen-bond acceptors (Lipinski definition) is 3. The largest absolute Gasteiger partial charge is 0.506 e. The average Bonchev–Trinajstić information content (AvgIpc) is 2.81. The van der Waals surface area contributed by atoms with Gasteiger partial charge < -0.3 is 15.7 Å². The second kappa shape index (κ2) is 6.65. The molecule has 1 aromatic rings. The van der Waals surface area contributed by atoms with Gasteiger partial charge in [0, 0.05) is 18.2 Å². The van der Waals surface area contributed by atoms with E-state index in [0.717, 1.165) is 19.4 Å². The predicted molar refractivity (Wildman–Crippen MR) is 85.3 cm³/mol. The zero-order valence-electron chi connectivity index (χ0n) is 13.3. The lowest BCUT2D eigenvalue weighted by molar-refractivity contribution is 0.348. The van der Waals surface area contributed by atoms with E-state index in [0.29, 0.717) is 23.7 Å². The van der Waals surface area contributed by atoms with E-state index in [4.69, 9.17) is 0 Å². The zero-order valence-corrected chi connectivity index (χ0v) is 13.3. The summed E-state index contributed by atoms with van der Waals surface area (Å²) in [5.74, 6) is 0.489. The van der Waals surface area contributed by atoms with Gasteiger partial charge in [-0.25, -0.2) is 4.39 Å². The quantitative estimate of drug-likeness (QED) is 0.699. The number of anilines is 1. The first-order valence-corrected chi connectivity index (χ1v) is 7.94. The van der Waals surface area contributed by atoms with Crippen LogP contribution >= 0.6 is 0 Å². The van der Waals surface area contributed by atoms with Crippen LogP contribution in [0.25, 0.3) is 0 Å². The van der Waals surface area contributed by atoms with Gasteiger partial charge in [-0.3, -0.25) is 0 Å². The minimum absolute atomic E-state index is 0.0588. The van der Waals surface area contributed by atoms with Gasteiger partial charge in [0.15, 0.2) is 0 Å². The highest BCUT2D eigenvalue weighted by Gasteiger charge is 2.36. The lowest BCUT2D eigenvalue weighted by Gasteiger charge is -2.31. The van der Waals surface area contributed by atoms with Crippen LogP contribution in [0, 0.1) is 18.7 Å². The van der Waals surface area contributed by atoms with Gasteiger partial charge in [-0.1, -0.05) is 26.7 Å². The maximum Gasteiger partial charge on any atom is 0.139 e. The number of phenols is 1. The van der Waals surface area contributed by atoms with Gasteiger partial charge in [-0.2, -0.15) is 0 Å². The molecular weight excluding hydrogens is 267 g/mol. The van der Waals surface area contributed by atoms with E-state index >= 15 is 0 Å². The predicted octanol–water partition coefficient (Wildman–Crippen LogP) is 3.81. The fourth-order valence-electron chi connectivity index (χ4n) is 3.20. The number of nitrogens with one attached hydrogen (secondary N) is 2. The molecule has 0 radical (unpaired) electrons. The molecule has 0 aromatic heterocycles. The van der Waals surface area contributed by atoms with Crippen LogP contribution < -0.4 is 10.6 Å². The summed E-state index contributed by atoms with van der Waals surface area (Å²) in [5.41, 5.74) is 1.00. The molecule has 0 amide bonds. The van der Waals surface area contributed by atoms with Crippen LogP contribution in [0.2, 0.25) is 0 Å². The number of hydrogen-bond donors (Lipinski definition) is 3. The standard InChI is InChI=1S/C17H27FN2O/c1-4-5-6-17(9-12(2)10-20-17)11-19-15-8-14(18)13(3)7-16(15)21/h7-8,12,19-21H,4-6,9-11H2,1-3H3. The van der Waals surface area contributed by atoms with E-state index < -0.39 is 0 Å². The molecule has 1 heterocycles. The van der Waals surface area contributed by atoms with Gasteiger partial charge in [0.05, 0.1) is 5.69 Å². The molecule has 1 aliphatic rings. The molecule has 1 fully saturated rings. The third kappa shape index (κ3) is 3.88. The Morgan fingerprint density at radius 2 is 2.24 bits per heavy atom. The summed E-state index contributed by atoms with van der Waals surface area (Å²) < 4.78 is 13.7. The maximum absolute atomic E-state index is 13.7. The molecule has 1 saturated heterocycles. The summed E-state index contributed by atoms with van der Waals surface area (Å²) in [7, 11) is 0. The summed E-state index contributed by atoms with van der Waals surface area (Å²) >= 11 is 0. The molecule has 2 rings (SSSR count). The Kier molecular flexibility index (Phi) is 5.09. The van der Waals surface area contributed by atoms with Crippen molar-refractivity contribution in [3.05, 3.63) is 23.5 Å². The van der Waals surface area contributed by atoms with E-state index in [1.807, 2.05) is 0 Å². The summed E-state index contributed by atoms with van der Waals surface area (Å²) in [6, 6.07) is 2.86. The number of rotatable bonds is 6. The van der Waals surface area contributed by atoms with Gasteiger partial charge in [0.2, 0.25) is 0 Å². The summed E-state index contributed by atoms with van der Waals surface area (Å²) in [6.07, 6.45) is 4.57. The molecule has 21 heavy (non-hydrogen) atoms. The van der Waals surface area contributed by atoms with Gasteiger partial charge in [0.1, 0.15) is 11.6 Å². The van der Waals surface area contributed by atoms with Crippen LogP contribution in [-0.2, 0) is 0 Å². The van der Waals surface area contributed by atoms with E-state index in [9.17, 15) is 9.50 Å². The highest BCUT2D eigenvalue weighted by atomic mass is 19.1. The Morgan fingerprint density at radius 3 is 2.86 bits per heavy atom. The maximum atomic E-state index is 13.7. The van der Waals surface area contributed by atoms with Gasteiger partial charge >= 0.3 is 0 Å². The third-order valence-corrected chi connectivity index (χ3v) is 4.47. The lowest BCUT2D eigenvalue weighted by Crippen LogP contribution is -2.46. The molecule has 4 heteroatoms. The van der Waals surface area contributed by atoms with Crippen LogP contribution in [0.1, 0.15) is 45.1 Å². The molecule has 0 saturated carbocycles. The highest BCUT2D eigenvalue weighted by molar-refractivity contribution is 5.57. The summed E-state index contributed by atoms with van der Waals surface area (Å²) in [4.78, 5) is 0. The molecule has 0 spiro atoms. The number of aryl methyl sites for hydroxylation is 1. The Balaban J connectivity index is 2.07. The number of unbranched alkanes of at least 4 members (excludes halogenated alkanes) is 1. The molecule has 0 aliphatic carbocycles. The van der Waals surface area contributed by atoms with E-state index in [2.05, 4.69) is 24.5 Å². The second-order valence-corrected chi connectivity index (χ2v) is 6.55. The van der Waals surface area contributed by atoms with Gasteiger partial charge in [0.25, 0.3) is 0 Å². The average molecular weight is 294 g/mol. The molecule has 3 N–H and O–H groups in total. The molecule has 2 atom stereocenters. The van der Waals surface area contributed by atoms with Crippen molar-refractivity contribution >= 4 is 5.69 Å². The first-order valence-electron chi connectivity index (χ1n) is 7.94. The van der Waals surface area contributed by atoms with Crippen LogP contribution in [-0.4, -0.2) is 23.7 Å². The minimum atomic E-state index is -0.286. The molecule has 1 aliphatic heterocycles. The number of aromatic hydroxyl groups is 1. The van der Waals surface area contributed by atoms with Crippen LogP contribution in [0.3, 0.4) is 0 Å². The van der Waals surface area contributed by atoms with Crippen molar-refractivity contribution in [2.75, 3.05) is 18.4 Å².